The Morgan fingerprint density at radius 2 is 2.11 bits per heavy atom. The lowest BCUT2D eigenvalue weighted by Crippen LogP contribution is -2.26. The fourth-order valence-electron chi connectivity index (χ4n) is 1.58. The third-order valence-corrected chi connectivity index (χ3v) is 3.98. The molecule has 2 aromatic rings. The van der Waals surface area contributed by atoms with Gasteiger partial charge in [-0.3, -0.25) is 0 Å². The van der Waals surface area contributed by atoms with Crippen LogP contribution in [0, 0.1) is 5.82 Å². The van der Waals surface area contributed by atoms with E-state index >= 15 is 0 Å². The highest BCUT2D eigenvalue weighted by Gasteiger charge is 2.18. The van der Waals surface area contributed by atoms with Crippen LogP contribution in [0.4, 0.5) is 10.1 Å². The monoisotopic (exact) mass is 284 g/mol. The molecule has 1 aromatic carbocycles. The topological polar surface area (TPSA) is 85.3 Å². The largest absolute Gasteiger partial charge is 0.469 e. The van der Waals surface area contributed by atoms with Crippen molar-refractivity contribution < 1.29 is 17.2 Å². The molecule has 2 rings (SSSR count). The van der Waals surface area contributed by atoms with Gasteiger partial charge in [-0.15, -0.1) is 0 Å². The van der Waals surface area contributed by atoms with Crippen molar-refractivity contribution in [1.82, 2.24) is 4.72 Å². The van der Waals surface area contributed by atoms with Gasteiger partial charge in [0, 0.05) is 18.7 Å². The molecule has 0 saturated heterocycles. The van der Waals surface area contributed by atoms with Crippen LogP contribution in [0.2, 0.25) is 0 Å². The molecule has 0 aliphatic heterocycles. The number of nitrogen functional groups attached to an aromatic ring is 1. The van der Waals surface area contributed by atoms with Crippen LogP contribution >= 0.6 is 0 Å². The van der Waals surface area contributed by atoms with E-state index < -0.39 is 20.7 Å². The van der Waals surface area contributed by atoms with Gasteiger partial charge in [-0.05, 0) is 30.3 Å². The quantitative estimate of drug-likeness (QED) is 0.815. The maximum absolute atomic E-state index is 13.5. The first-order valence-electron chi connectivity index (χ1n) is 5.56. The van der Waals surface area contributed by atoms with Crippen molar-refractivity contribution in [1.29, 1.82) is 0 Å². The van der Waals surface area contributed by atoms with Gasteiger partial charge in [-0.1, -0.05) is 0 Å². The van der Waals surface area contributed by atoms with Gasteiger partial charge in [0.05, 0.1) is 6.26 Å². The van der Waals surface area contributed by atoms with E-state index in [1.165, 1.54) is 12.3 Å². The number of nitrogens with two attached hydrogens (primary N) is 1. The summed E-state index contributed by atoms with van der Waals surface area (Å²) in [7, 11) is -3.88. The summed E-state index contributed by atoms with van der Waals surface area (Å²) in [6.45, 7) is 0.125. The molecular formula is C12H13FN2O3S. The number of hydrogen-bond acceptors (Lipinski definition) is 4. The van der Waals surface area contributed by atoms with E-state index in [9.17, 15) is 12.8 Å². The van der Waals surface area contributed by atoms with Crippen LogP contribution in [0.1, 0.15) is 5.76 Å². The number of halogens is 1. The Hall–Kier alpha value is -1.86. The number of furan rings is 1. The van der Waals surface area contributed by atoms with E-state index in [0.717, 1.165) is 12.1 Å². The summed E-state index contributed by atoms with van der Waals surface area (Å²) in [5.74, 6) is -0.217. The van der Waals surface area contributed by atoms with Gasteiger partial charge in [0.2, 0.25) is 10.0 Å². The lowest BCUT2D eigenvalue weighted by Gasteiger charge is -2.07. The molecule has 0 amide bonds. The normalized spacial score (nSPS) is 11.6. The average molecular weight is 284 g/mol. The van der Waals surface area contributed by atoms with Crippen molar-refractivity contribution in [3.05, 3.63) is 48.2 Å². The summed E-state index contributed by atoms with van der Waals surface area (Å²) in [5, 5.41) is 0. The van der Waals surface area contributed by atoms with E-state index in [4.69, 9.17) is 10.2 Å². The van der Waals surface area contributed by atoms with Crippen molar-refractivity contribution in [3.63, 3.8) is 0 Å². The number of rotatable bonds is 5. The molecule has 0 bridgehead atoms. The SMILES string of the molecule is Nc1ccc(S(=O)(=O)NCCc2ccco2)c(F)c1. The zero-order chi connectivity index (χ0) is 13.9. The lowest BCUT2D eigenvalue weighted by molar-refractivity contribution is 0.505. The minimum Gasteiger partial charge on any atom is -0.469 e. The second-order valence-corrected chi connectivity index (χ2v) is 5.65. The number of nitrogens with one attached hydrogen (secondary N) is 1. The van der Waals surface area contributed by atoms with Crippen LogP contribution in [-0.4, -0.2) is 15.0 Å². The molecule has 1 heterocycles. The standard InChI is InChI=1S/C12H13FN2O3S/c13-11-8-9(14)3-4-12(11)19(16,17)15-6-5-10-2-1-7-18-10/h1-4,7-8,15H,5-6,14H2. The summed E-state index contributed by atoms with van der Waals surface area (Å²) in [6.07, 6.45) is 1.90. The van der Waals surface area contributed by atoms with Gasteiger partial charge in [0.25, 0.3) is 0 Å². The molecule has 7 heteroatoms. The van der Waals surface area contributed by atoms with Gasteiger partial charge in [0.1, 0.15) is 16.5 Å². The molecular weight excluding hydrogens is 271 g/mol. The van der Waals surface area contributed by atoms with Gasteiger partial charge in [-0.25, -0.2) is 17.5 Å². The summed E-state index contributed by atoms with van der Waals surface area (Å²) >= 11 is 0. The molecule has 0 unspecified atom stereocenters. The zero-order valence-electron chi connectivity index (χ0n) is 9.97. The molecule has 102 valence electrons. The molecule has 0 fully saturated rings. The molecule has 0 atom stereocenters. The van der Waals surface area contributed by atoms with Crippen molar-refractivity contribution in [2.24, 2.45) is 0 Å². The third-order valence-electron chi connectivity index (χ3n) is 2.49. The smallest absolute Gasteiger partial charge is 0.243 e. The summed E-state index contributed by atoms with van der Waals surface area (Å²) in [6, 6.07) is 6.90. The first kappa shape index (κ1) is 13.6. The summed E-state index contributed by atoms with van der Waals surface area (Å²) in [4.78, 5) is -0.416. The predicted octanol–water partition coefficient (Wildman–Crippen LogP) is 1.52. The Bertz CT molecular complexity index is 654. The zero-order valence-corrected chi connectivity index (χ0v) is 10.8. The summed E-state index contributed by atoms with van der Waals surface area (Å²) in [5.41, 5.74) is 5.54. The fraction of sp³-hybridized carbons (Fsp3) is 0.167. The van der Waals surface area contributed by atoms with Gasteiger partial charge < -0.3 is 10.2 Å². The first-order chi connectivity index (χ1) is 8.99. The van der Waals surface area contributed by atoms with Crippen molar-refractivity contribution in [2.75, 3.05) is 12.3 Å². The Labute approximate surface area is 110 Å². The second-order valence-electron chi connectivity index (χ2n) is 3.92. The Kier molecular flexibility index (Phi) is 3.87. The van der Waals surface area contributed by atoms with E-state index in [-0.39, 0.29) is 12.2 Å². The average Bonchev–Trinajstić information content (AvgIpc) is 2.81. The minimum atomic E-state index is -3.88. The number of anilines is 1. The summed E-state index contributed by atoms with van der Waals surface area (Å²) < 4.78 is 44.6. The molecule has 0 aliphatic carbocycles. The highest BCUT2D eigenvalue weighted by Crippen LogP contribution is 2.16. The van der Waals surface area contributed by atoms with E-state index in [1.54, 1.807) is 12.1 Å². The van der Waals surface area contributed by atoms with E-state index in [0.29, 0.717) is 12.2 Å². The van der Waals surface area contributed by atoms with Gasteiger partial charge in [-0.2, -0.15) is 0 Å². The van der Waals surface area contributed by atoms with E-state index in [1.807, 2.05) is 0 Å². The fourth-order valence-corrected chi connectivity index (χ4v) is 2.67. The maximum Gasteiger partial charge on any atom is 0.243 e. The van der Waals surface area contributed by atoms with Gasteiger partial charge >= 0.3 is 0 Å². The van der Waals surface area contributed by atoms with Crippen LogP contribution in [0.15, 0.2) is 45.9 Å². The van der Waals surface area contributed by atoms with Crippen molar-refractivity contribution >= 4 is 15.7 Å². The first-order valence-corrected chi connectivity index (χ1v) is 7.04. The molecule has 0 aliphatic rings. The predicted molar refractivity (Wildman–Crippen MR) is 68.4 cm³/mol. The number of sulfonamides is 1. The van der Waals surface area contributed by atoms with Crippen LogP contribution in [0.25, 0.3) is 0 Å². The lowest BCUT2D eigenvalue weighted by atomic mass is 10.3. The van der Waals surface area contributed by atoms with E-state index in [2.05, 4.69) is 4.72 Å². The Balaban J connectivity index is 2.05. The van der Waals surface area contributed by atoms with Gasteiger partial charge in [0.15, 0.2) is 0 Å². The molecule has 3 N–H and O–H groups in total. The van der Waals surface area contributed by atoms with Crippen LogP contribution in [0.5, 0.6) is 0 Å². The molecule has 1 aromatic heterocycles. The molecule has 0 radical (unpaired) electrons. The Morgan fingerprint density at radius 1 is 1.32 bits per heavy atom. The Morgan fingerprint density at radius 3 is 2.74 bits per heavy atom. The van der Waals surface area contributed by atoms with Crippen LogP contribution < -0.4 is 10.5 Å². The maximum atomic E-state index is 13.5. The van der Waals surface area contributed by atoms with Crippen LogP contribution in [0.3, 0.4) is 0 Å². The number of benzene rings is 1. The van der Waals surface area contributed by atoms with Crippen molar-refractivity contribution in [2.45, 2.75) is 11.3 Å². The molecule has 5 nitrogen and oxygen atoms in total. The highest BCUT2D eigenvalue weighted by molar-refractivity contribution is 7.89. The third kappa shape index (κ3) is 3.33. The number of hydrogen-bond donors (Lipinski definition) is 2. The molecule has 0 spiro atoms. The van der Waals surface area contributed by atoms with Crippen LogP contribution in [-0.2, 0) is 16.4 Å². The molecule has 0 saturated carbocycles. The molecule has 19 heavy (non-hydrogen) atoms. The highest BCUT2D eigenvalue weighted by atomic mass is 32.2. The van der Waals surface area contributed by atoms with Crippen molar-refractivity contribution in [3.8, 4) is 0 Å². The second kappa shape index (κ2) is 5.41. The minimum absolute atomic E-state index is 0.125.